The molecule has 0 aromatic heterocycles. The van der Waals surface area contributed by atoms with Gasteiger partial charge in [-0.1, -0.05) is 12.1 Å². The quantitative estimate of drug-likeness (QED) is 0.933. The molecule has 1 aliphatic carbocycles. The first-order valence-corrected chi connectivity index (χ1v) is 7.92. The molecule has 22 heavy (non-hydrogen) atoms. The molecule has 116 valence electrons. The lowest BCUT2D eigenvalue weighted by atomic mass is 9.95. The van der Waals surface area contributed by atoms with Gasteiger partial charge in [-0.05, 0) is 57.2 Å². The van der Waals surface area contributed by atoms with Crippen LogP contribution in [0.2, 0.25) is 0 Å². The van der Waals surface area contributed by atoms with E-state index in [0.717, 1.165) is 31.2 Å². The fourth-order valence-corrected chi connectivity index (χ4v) is 3.43. The van der Waals surface area contributed by atoms with E-state index in [4.69, 9.17) is 0 Å². The minimum Gasteiger partial charge on any atom is -0.388 e. The molecule has 0 bridgehead atoms. The summed E-state index contributed by atoms with van der Waals surface area (Å²) in [6.45, 7) is 4.21. The molecular formula is C18H22N2O2. The molecule has 1 saturated carbocycles. The Morgan fingerprint density at radius 2 is 2.00 bits per heavy atom. The van der Waals surface area contributed by atoms with Crippen LogP contribution in [0.1, 0.15) is 55.5 Å². The Balaban J connectivity index is 1.80. The van der Waals surface area contributed by atoms with Gasteiger partial charge in [0, 0.05) is 12.1 Å². The lowest BCUT2D eigenvalue weighted by Crippen LogP contribution is -2.48. The third-order valence-electron chi connectivity index (χ3n) is 4.98. The molecule has 4 heteroatoms. The van der Waals surface area contributed by atoms with E-state index < -0.39 is 5.60 Å². The molecule has 2 aliphatic rings. The highest BCUT2D eigenvalue weighted by Crippen LogP contribution is 2.47. The van der Waals surface area contributed by atoms with Gasteiger partial charge < -0.3 is 10.0 Å². The number of aliphatic hydroxyl groups is 1. The molecule has 0 radical (unpaired) electrons. The van der Waals surface area contributed by atoms with Crippen LogP contribution in [0.4, 0.5) is 0 Å². The molecule has 1 amide bonds. The Morgan fingerprint density at radius 3 is 2.50 bits per heavy atom. The maximum atomic E-state index is 12.7. The molecule has 1 saturated heterocycles. The van der Waals surface area contributed by atoms with Gasteiger partial charge in [-0.25, -0.2) is 0 Å². The Morgan fingerprint density at radius 1 is 1.36 bits per heavy atom. The van der Waals surface area contributed by atoms with Crippen molar-refractivity contribution in [2.75, 3.05) is 6.54 Å². The number of likely N-dealkylation sites (tertiary alicyclic amines) is 1. The molecule has 1 heterocycles. The first-order valence-electron chi connectivity index (χ1n) is 7.92. The van der Waals surface area contributed by atoms with Gasteiger partial charge in [0.25, 0.3) is 5.91 Å². The summed E-state index contributed by atoms with van der Waals surface area (Å²) in [7, 11) is 0. The van der Waals surface area contributed by atoms with Crippen LogP contribution < -0.4 is 0 Å². The van der Waals surface area contributed by atoms with Crippen molar-refractivity contribution in [2.45, 2.75) is 56.6 Å². The number of benzene rings is 1. The van der Waals surface area contributed by atoms with Gasteiger partial charge in [0.1, 0.15) is 0 Å². The first-order chi connectivity index (χ1) is 10.4. The molecule has 3 rings (SSSR count). The maximum Gasteiger partial charge on any atom is 0.254 e. The zero-order chi connectivity index (χ0) is 16.0. The highest BCUT2D eigenvalue weighted by atomic mass is 16.3. The number of carbonyl (C=O) groups excluding carboxylic acids is 1. The monoisotopic (exact) mass is 298 g/mol. The van der Waals surface area contributed by atoms with E-state index in [9.17, 15) is 15.2 Å². The first kappa shape index (κ1) is 15.1. The van der Waals surface area contributed by atoms with Crippen LogP contribution in [0.25, 0.3) is 0 Å². The van der Waals surface area contributed by atoms with Crippen LogP contribution in [0.3, 0.4) is 0 Å². The van der Waals surface area contributed by atoms with Gasteiger partial charge in [0.2, 0.25) is 0 Å². The smallest absolute Gasteiger partial charge is 0.254 e. The van der Waals surface area contributed by atoms with E-state index in [1.165, 1.54) is 0 Å². The van der Waals surface area contributed by atoms with Crippen LogP contribution in [0.5, 0.6) is 0 Å². The number of hydrogen-bond acceptors (Lipinski definition) is 3. The molecule has 1 unspecified atom stereocenters. The second-order valence-electron chi connectivity index (χ2n) is 7.08. The van der Waals surface area contributed by atoms with Crippen molar-refractivity contribution in [3.05, 3.63) is 35.4 Å². The summed E-state index contributed by atoms with van der Waals surface area (Å²) < 4.78 is 0. The van der Waals surface area contributed by atoms with E-state index in [2.05, 4.69) is 6.07 Å². The number of nitrogens with zero attached hydrogens (tertiary/aromatic N) is 2. The SMILES string of the molecule is CC(C)(O)C1CCCN1C(=O)c1ccc(C2(C#N)CC2)cc1. The molecule has 1 aliphatic heterocycles. The zero-order valence-electron chi connectivity index (χ0n) is 13.2. The van der Waals surface area contributed by atoms with Crippen LogP contribution in [-0.2, 0) is 5.41 Å². The third-order valence-corrected chi connectivity index (χ3v) is 4.98. The average Bonchev–Trinajstić information content (AvgIpc) is 3.13. The van der Waals surface area contributed by atoms with E-state index in [-0.39, 0.29) is 17.4 Å². The third kappa shape index (κ3) is 2.50. The summed E-state index contributed by atoms with van der Waals surface area (Å²) in [4.78, 5) is 14.5. The summed E-state index contributed by atoms with van der Waals surface area (Å²) in [6.07, 6.45) is 3.58. The normalized spacial score (nSPS) is 23.2. The predicted molar refractivity (Wildman–Crippen MR) is 83.3 cm³/mol. The average molecular weight is 298 g/mol. The number of carbonyl (C=O) groups is 1. The highest BCUT2D eigenvalue weighted by Gasteiger charge is 2.45. The van der Waals surface area contributed by atoms with Gasteiger partial charge in [-0.2, -0.15) is 5.26 Å². The molecule has 2 fully saturated rings. The Hall–Kier alpha value is -1.86. The molecule has 1 atom stereocenters. The van der Waals surface area contributed by atoms with Crippen molar-refractivity contribution in [2.24, 2.45) is 0 Å². The fourth-order valence-electron chi connectivity index (χ4n) is 3.43. The minimum absolute atomic E-state index is 0.0296. The van der Waals surface area contributed by atoms with Crippen molar-refractivity contribution in [3.63, 3.8) is 0 Å². The maximum absolute atomic E-state index is 12.7. The summed E-state index contributed by atoms with van der Waals surface area (Å²) in [5, 5.41) is 19.5. The largest absolute Gasteiger partial charge is 0.388 e. The molecule has 1 aromatic carbocycles. The van der Waals surface area contributed by atoms with Crippen LogP contribution >= 0.6 is 0 Å². The van der Waals surface area contributed by atoms with E-state index in [0.29, 0.717) is 12.1 Å². The Labute approximate surface area is 131 Å². The van der Waals surface area contributed by atoms with Gasteiger partial charge in [0.05, 0.1) is 23.1 Å². The lowest BCUT2D eigenvalue weighted by molar-refractivity contribution is 0.000335. The lowest BCUT2D eigenvalue weighted by Gasteiger charge is -2.33. The molecule has 1 N–H and O–H groups in total. The topological polar surface area (TPSA) is 64.3 Å². The van der Waals surface area contributed by atoms with E-state index >= 15 is 0 Å². The summed E-state index contributed by atoms with van der Waals surface area (Å²) in [6, 6.07) is 9.67. The van der Waals surface area contributed by atoms with E-state index in [1.54, 1.807) is 18.7 Å². The zero-order valence-corrected chi connectivity index (χ0v) is 13.2. The highest BCUT2D eigenvalue weighted by molar-refractivity contribution is 5.94. The van der Waals surface area contributed by atoms with Crippen LogP contribution in [-0.4, -0.2) is 34.1 Å². The number of rotatable bonds is 3. The van der Waals surface area contributed by atoms with Crippen LogP contribution in [0.15, 0.2) is 24.3 Å². The fraction of sp³-hybridized carbons (Fsp3) is 0.556. The Bertz CT molecular complexity index is 618. The van der Waals surface area contributed by atoms with Crippen molar-refractivity contribution >= 4 is 5.91 Å². The summed E-state index contributed by atoms with van der Waals surface area (Å²) >= 11 is 0. The number of nitriles is 1. The van der Waals surface area contributed by atoms with E-state index in [1.807, 2.05) is 24.3 Å². The van der Waals surface area contributed by atoms with Gasteiger partial charge >= 0.3 is 0 Å². The summed E-state index contributed by atoms with van der Waals surface area (Å²) in [5.41, 5.74) is 0.441. The van der Waals surface area contributed by atoms with Gasteiger partial charge in [-0.15, -0.1) is 0 Å². The second kappa shape index (κ2) is 5.10. The van der Waals surface area contributed by atoms with Gasteiger partial charge in [-0.3, -0.25) is 4.79 Å². The Kier molecular flexibility index (Phi) is 3.49. The summed E-state index contributed by atoms with van der Waals surface area (Å²) in [5.74, 6) is -0.0296. The number of amides is 1. The van der Waals surface area contributed by atoms with Crippen molar-refractivity contribution in [3.8, 4) is 6.07 Å². The van der Waals surface area contributed by atoms with Crippen LogP contribution in [0, 0.1) is 11.3 Å². The second-order valence-corrected chi connectivity index (χ2v) is 7.08. The van der Waals surface area contributed by atoms with Crippen molar-refractivity contribution < 1.29 is 9.90 Å². The molecule has 1 aromatic rings. The van der Waals surface area contributed by atoms with Crippen molar-refractivity contribution in [1.82, 2.24) is 4.90 Å². The predicted octanol–water partition coefficient (Wildman–Crippen LogP) is 2.62. The van der Waals surface area contributed by atoms with Gasteiger partial charge in [0.15, 0.2) is 0 Å². The standard InChI is InChI=1S/C18H22N2O2/c1-17(2,22)15-4-3-11-20(15)16(21)13-5-7-14(8-6-13)18(12-19)9-10-18/h5-8,15,22H,3-4,9-11H2,1-2H3. The minimum atomic E-state index is -0.884. The molecule has 4 nitrogen and oxygen atoms in total. The number of hydrogen-bond donors (Lipinski definition) is 1. The molecule has 0 spiro atoms. The molecular weight excluding hydrogens is 276 g/mol. The van der Waals surface area contributed by atoms with Crippen molar-refractivity contribution in [1.29, 1.82) is 5.26 Å².